The molecule has 0 saturated heterocycles. The summed E-state index contributed by atoms with van der Waals surface area (Å²) in [6.45, 7) is 4.38. The quantitative estimate of drug-likeness (QED) is 0.836. The summed E-state index contributed by atoms with van der Waals surface area (Å²) in [5, 5.41) is 4.26. The average molecular weight is 310 g/mol. The van der Waals surface area contributed by atoms with E-state index in [1.807, 2.05) is 24.3 Å². The van der Waals surface area contributed by atoms with Crippen molar-refractivity contribution in [2.45, 2.75) is 20.1 Å². The first kappa shape index (κ1) is 15.2. The molecule has 0 spiro atoms. The molecular formula is C16H17Cl2NO. The zero-order valence-electron chi connectivity index (χ0n) is 11.3. The van der Waals surface area contributed by atoms with Crippen LogP contribution in [0.5, 0.6) is 5.75 Å². The first-order valence-electron chi connectivity index (χ1n) is 6.56. The smallest absolute Gasteiger partial charge is 0.139 e. The molecule has 0 fully saturated rings. The van der Waals surface area contributed by atoms with Gasteiger partial charge in [-0.15, -0.1) is 0 Å². The molecule has 0 unspecified atom stereocenters. The molecule has 0 bridgehead atoms. The summed E-state index contributed by atoms with van der Waals surface area (Å²) in [4.78, 5) is 0. The first-order chi connectivity index (χ1) is 9.70. The monoisotopic (exact) mass is 309 g/mol. The lowest BCUT2D eigenvalue weighted by atomic mass is 10.1. The minimum absolute atomic E-state index is 0.456. The van der Waals surface area contributed by atoms with E-state index in [2.05, 4.69) is 24.4 Å². The second-order valence-electron chi connectivity index (χ2n) is 4.44. The maximum atomic E-state index is 6.09. The molecule has 0 aliphatic carbocycles. The van der Waals surface area contributed by atoms with Crippen molar-refractivity contribution in [1.29, 1.82) is 0 Å². The molecule has 2 rings (SSSR count). The van der Waals surface area contributed by atoms with Crippen molar-refractivity contribution in [1.82, 2.24) is 5.32 Å². The molecule has 0 aliphatic rings. The summed E-state index contributed by atoms with van der Waals surface area (Å²) in [6, 6.07) is 13.7. The molecule has 0 aromatic heterocycles. The predicted molar refractivity (Wildman–Crippen MR) is 84.6 cm³/mol. The van der Waals surface area contributed by atoms with Gasteiger partial charge in [-0.2, -0.15) is 0 Å². The van der Waals surface area contributed by atoms with E-state index in [0.717, 1.165) is 18.7 Å². The minimum atomic E-state index is 0.456. The van der Waals surface area contributed by atoms with E-state index in [4.69, 9.17) is 27.9 Å². The van der Waals surface area contributed by atoms with Gasteiger partial charge in [0.1, 0.15) is 17.4 Å². The molecule has 2 nitrogen and oxygen atoms in total. The highest BCUT2D eigenvalue weighted by Gasteiger charge is 2.05. The van der Waals surface area contributed by atoms with Crippen LogP contribution in [-0.4, -0.2) is 6.54 Å². The molecule has 4 heteroatoms. The van der Waals surface area contributed by atoms with Crippen LogP contribution in [0.1, 0.15) is 18.1 Å². The number of rotatable bonds is 6. The van der Waals surface area contributed by atoms with Gasteiger partial charge in [-0.1, -0.05) is 60.5 Å². The van der Waals surface area contributed by atoms with Crippen LogP contribution in [-0.2, 0) is 13.2 Å². The molecule has 0 radical (unpaired) electrons. The summed E-state index contributed by atoms with van der Waals surface area (Å²) >= 11 is 12.1. The van der Waals surface area contributed by atoms with Crippen LogP contribution in [0.4, 0.5) is 0 Å². The van der Waals surface area contributed by atoms with Crippen molar-refractivity contribution in [3.63, 3.8) is 0 Å². The molecule has 106 valence electrons. The highest BCUT2D eigenvalue weighted by molar-refractivity contribution is 6.42. The maximum absolute atomic E-state index is 6.09. The zero-order chi connectivity index (χ0) is 14.4. The van der Waals surface area contributed by atoms with Crippen LogP contribution in [0.3, 0.4) is 0 Å². The van der Waals surface area contributed by atoms with Crippen LogP contribution in [0.15, 0.2) is 42.5 Å². The maximum Gasteiger partial charge on any atom is 0.139 e. The molecule has 0 saturated carbocycles. The van der Waals surface area contributed by atoms with Gasteiger partial charge < -0.3 is 10.1 Å². The second kappa shape index (κ2) is 7.53. The van der Waals surface area contributed by atoms with Gasteiger partial charge in [-0.05, 0) is 29.8 Å². The topological polar surface area (TPSA) is 21.3 Å². The van der Waals surface area contributed by atoms with Gasteiger partial charge >= 0.3 is 0 Å². The number of hydrogen-bond donors (Lipinski definition) is 1. The average Bonchev–Trinajstić information content (AvgIpc) is 2.47. The van der Waals surface area contributed by atoms with E-state index in [0.29, 0.717) is 22.4 Å². The van der Waals surface area contributed by atoms with Gasteiger partial charge in [-0.3, -0.25) is 0 Å². The van der Waals surface area contributed by atoms with E-state index < -0.39 is 0 Å². The van der Waals surface area contributed by atoms with Gasteiger partial charge in [0.2, 0.25) is 0 Å². The van der Waals surface area contributed by atoms with Crippen molar-refractivity contribution in [3.8, 4) is 5.75 Å². The van der Waals surface area contributed by atoms with Crippen molar-refractivity contribution >= 4 is 23.2 Å². The fourth-order valence-corrected chi connectivity index (χ4v) is 2.20. The number of benzene rings is 2. The van der Waals surface area contributed by atoms with Gasteiger partial charge in [0.15, 0.2) is 0 Å². The Morgan fingerprint density at radius 2 is 1.80 bits per heavy atom. The highest BCUT2D eigenvalue weighted by atomic mass is 35.5. The molecule has 0 heterocycles. The molecule has 1 N–H and O–H groups in total. The number of ether oxygens (including phenoxy) is 1. The third kappa shape index (κ3) is 4.14. The lowest BCUT2D eigenvalue weighted by Gasteiger charge is -2.10. The third-order valence-corrected chi connectivity index (χ3v) is 3.68. The van der Waals surface area contributed by atoms with E-state index in [9.17, 15) is 0 Å². The molecule has 2 aromatic rings. The molecule has 0 aliphatic heterocycles. The summed E-state index contributed by atoms with van der Waals surface area (Å²) in [5.74, 6) is 0.608. The van der Waals surface area contributed by atoms with Crippen LogP contribution in [0, 0.1) is 0 Å². The Kier molecular flexibility index (Phi) is 5.72. The minimum Gasteiger partial charge on any atom is -0.487 e. The van der Waals surface area contributed by atoms with Crippen molar-refractivity contribution in [2.24, 2.45) is 0 Å². The highest BCUT2D eigenvalue weighted by Crippen LogP contribution is 2.31. The van der Waals surface area contributed by atoms with Crippen molar-refractivity contribution < 1.29 is 4.74 Å². The Bertz CT molecular complexity index is 572. The summed E-state index contributed by atoms with van der Waals surface area (Å²) < 4.78 is 5.73. The van der Waals surface area contributed by atoms with E-state index in [-0.39, 0.29) is 0 Å². The summed E-state index contributed by atoms with van der Waals surface area (Å²) in [5.41, 5.74) is 2.35. The zero-order valence-corrected chi connectivity index (χ0v) is 12.8. The Morgan fingerprint density at radius 3 is 2.60 bits per heavy atom. The third-order valence-electron chi connectivity index (χ3n) is 2.88. The van der Waals surface area contributed by atoms with Gasteiger partial charge in [0.25, 0.3) is 0 Å². The van der Waals surface area contributed by atoms with E-state index >= 15 is 0 Å². The van der Waals surface area contributed by atoms with Gasteiger partial charge in [0, 0.05) is 6.54 Å². The lowest BCUT2D eigenvalue weighted by molar-refractivity contribution is 0.306. The van der Waals surface area contributed by atoms with E-state index in [1.54, 1.807) is 6.07 Å². The summed E-state index contributed by atoms with van der Waals surface area (Å²) in [6.07, 6.45) is 0. The Morgan fingerprint density at radius 1 is 1.05 bits per heavy atom. The number of halogens is 2. The fourth-order valence-electron chi connectivity index (χ4n) is 1.86. The number of nitrogens with one attached hydrogen (secondary N) is 1. The van der Waals surface area contributed by atoms with Crippen molar-refractivity contribution in [3.05, 3.63) is 63.6 Å². The van der Waals surface area contributed by atoms with Gasteiger partial charge in [0.05, 0.1) is 5.02 Å². The first-order valence-corrected chi connectivity index (χ1v) is 7.31. The van der Waals surface area contributed by atoms with Crippen LogP contribution in [0.2, 0.25) is 10.0 Å². The molecular weight excluding hydrogens is 293 g/mol. The van der Waals surface area contributed by atoms with E-state index in [1.165, 1.54) is 5.56 Å². The molecule has 0 atom stereocenters. The molecule has 20 heavy (non-hydrogen) atoms. The second-order valence-corrected chi connectivity index (χ2v) is 5.23. The van der Waals surface area contributed by atoms with Crippen LogP contribution >= 0.6 is 23.2 Å². The largest absolute Gasteiger partial charge is 0.487 e. The molecule has 2 aromatic carbocycles. The fraction of sp³-hybridized carbons (Fsp3) is 0.250. The van der Waals surface area contributed by atoms with Crippen LogP contribution < -0.4 is 10.1 Å². The van der Waals surface area contributed by atoms with Crippen molar-refractivity contribution in [2.75, 3.05) is 6.54 Å². The standard InChI is InChI=1S/C16H17Cl2NO/c1-2-19-10-12-5-3-6-13(9-12)11-20-15-8-4-7-14(17)16(15)18/h3-9,19H,2,10-11H2,1H3. The lowest BCUT2D eigenvalue weighted by Crippen LogP contribution is -2.11. The van der Waals surface area contributed by atoms with Gasteiger partial charge in [-0.25, -0.2) is 0 Å². The van der Waals surface area contributed by atoms with Crippen LogP contribution in [0.25, 0.3) is 0 Å². The normalized spacial score (nSPS) is 10.6. The number of hydrogen-bond acceptors (Lipinski definition) is 2. The SMILES string of the molecule is CCNCc1cccc(COc2cccc(Cl)c2Cl)c1. The Hall–Kier alpha value is -1.22. The summed E-state index contributed by atoms with van der Waals surface area (Å²) in [7, 11) is 0. The Balaban J connectivity index is 2.01. The predicted octanol–water partition coefficient (Wildman–Crippen LogP) is 4.68. The molecule has 0 amide bonds. The Labute approximate surface area is 129 Å².